The molecule has 1 N–H and O–H groups in total. The van der Waals surface area contributed by atoms with Gasteiger partial charge < -0.3 is 10.1 Å². The molecule has 7 nitrogen and oxygen atoms in total. The molecule has 1 fully saturated rings. The number of hydrogen-bond donors (Lipinski definition) is 1. The van der Waals surface area contributed by atoms with Gasteiger partial charge in [-0.1, -0.05) is 29.8 Å². The van der Waals surface area contributed by atoms with Gasteiger partial charge >= 0.3 is 6.18 Å². The van der Waals surface area contributed by atoms with Crippen LogP contribution >= 0.6 is 11.6 Å². The molecular weight excluding hydrogens is 509 g/mol. The fraction of sp³-hybridized carbons (Fsp3) is 0.217. The minimum Gasteiger partial charge on any atom is -0.363 e. The van der Waals surface area contributed by atoms with Crippen LogP contribution in [0.25, 0.3) is 0 Å². The highest BCUT2D eigenvalue weighted by Crippen LogP contribution is 2.40. The van der Waals surface area contributed by atoms with E-state index in [0.29, 0.717) is 13.1 Å². The number of non-ortho nitro benzene ring substituents is 1. The second-order valence-electron chi connectivity index (χ2n) is 7.85. The summed E-state index contributed by atoms with van der Waals surface area (Å²) in [5.41, 5.74) is -1.25. The second kappa shape index (κ2) is 9.57. The molecule has 35 heavy (non-hydrogen) atoms. The van der Waals surface area contributed by atoms with Gasteiger partial charge in [0.15, 0.2) is 0 Å². The molecule has 1 heterocycles. The number of alkyl halides is 3. The van der Waals surface area contributed by atoms with Crippen molar-refractivity contribution in [1.29, 1.82) is 0 Å². The van der Waals surface area contributed by atoms with Crippen molar-refractivity contribution in [3.8, 4) is 0 Å². The van der Waals surface area contributed by atoms with E-state index in [4.69, 9.17) is 16.3 Å². The molecular formula is C23H18ClF3N2O5S. The molecule has 3 aromatic carbocycles. The monoisotopic (exact) mass is 526 g/mol. The molecule has 12 heteroatoms. The van der Waals surface area contributed by atoms with Crippen LogP contribution in [0.5, 0.6) is 0 Å². The van der Waals surface area contributed by atoms with E-state index in [1.165, 1.54) is 36.4 Å². The largest absolute Gasteiger partial charge is 0.416 e. The fourth-order valence-electron chi connectivity index (χ4n) is 3.61. The van der Waals surface area contributed by atoms with Gasteiger partial charge in [-0.2, -0.15) is 13.2 Å². The minimum atomic E-state index is -4.72. The van der Waals surface area contributed by atoms with E-state index >= 15 is 0 Å². The first-order chi connectivity index (χ1) is 16.5. The zero-order valence-electron chi connectivity index (χ0n) is 17.8. The lowest BCUT2D eigenvalue weighted by atomic mass is 9.95. The number of nitrogens with zero attached hydrogens (tertiary/aromatic N) is 1. The van der Waals surface area contributed by atoms with Crippen molar-refractivity contribution in [3.63, 3.8) is 0 Å². The lowest BCUT2D eigenvalue weighted by molar-refractivity contribution is -0.384. The summed E-state index contributed by atoms with van der Waals surface area (Å²) in [6.07, 6.45) is -6.31. The molecule has 0 spiro atoms. The predicted octanol–water partition coefficient (Wildman–Crippen LogP) is 5.18. The summed E-state index contributed by atoms with van der Waals surface area (Å²) in [7, 11) is -4.12. The maximum atomic E-state index is 13.8. The molecule has 1 aliphatic heterocycles. The molecule has 0 bridgehead atoms. The van der Waals surface area contributed by atoms with Gasteiger partial charge in [-0.3, -0.25) is 10.1 Å². The summed E-state index contributed by atoms with van der Waals surface area (Å²) in [5.74, 6) is 0. The molecule has 0 aliphatic carbocycles. The van der Waals surface area contributed by atoms with Crippen molar-refractivity contribution < 1.29 is 31.2 Å². The SMILES string of the molecule is O=[N+]([O-])c1ccc(S(=O)(=O)c2cccc(C(OC3CNC3)c3ccc(Cl)cc3C(F)(F)F)c2)cc1. The lowest BCUT2D eigenvalue weighted by Crippen LogP contribution is -2.49. The zero-order chi connectivity index (χ0) is 25.4. The summed E-state index contributed by atoms with van der Waals surface area (Å²) < 4.78 is 73.9. The van der Waals surface area contributed by atoms with E-state index in [1.807, 2.05) is 0 Å². The van der Waals surface area contributed by atoms with Gasteiger partial charge in [0.05, 0.1) is 26.4 Å². The van der Waals surface area contributed by atoms with Gasteiger partial charge in [0, 0.05) is 30.2 Å². The number of benzene rings is 3. The first kappa shape index (κ1) is 25.1. The van der Waals surface area contributed by atoms with Gasteiger partial charge in [0.2, 0.25) is 9.84 Å². The lowest BCUT2D eigenvalue weighted by Gasteiger charge is -2.33. The Morgan fingerprint density at radius 3 is 2.29 bits per heavy atom. The Kier molecular flexibility index (Phi) is 6.87. The topological polar surface area (TPSA) is 98.5 Å². The third kappa shape index (κ3) is 5.32. The third-order valence-corrected chi connectivity index (χ3v) is 7.51. The molecule has 0 aromatic heterocycles. The predicted molar refractivity (Wildman–Crippen MR) is 121 cm³/mol. The van der Waals surface area contributed by atoms with Crippen molar-refractivity contribution in [3.05, 3.63) is 98.6 Å². The molecule has 1 saturated heterocycles. The van der Waals surface area contributed by atoms with Crippen LogP contribution in [0.15, 0.2) is 76.5 Å². The van der Waals surface area contributed by atoms with Crippen LogP contribution in [-0.2, 0) is 20.8 Å². The van der Waals surface area contributed by atoms with E-state index in [0.717, 1.165) is 30.3 Å². The van der Waals surface area contributed by atoms with Crippen LogP contribution in [0, 0.1) is 10.1 Å². The molecule has 4 rings (SSSR count). The quantitative estimate of drug-likeness (QED) is 0.336. The standard InChI is InChI=1S/C23H18ClF3N2O5S/c24-15-4-9-20(21(11-15)23(25,26)27)22(34-17-12-28-13-17)14-2-1-3-19(10-14)35(32,33)18-7-5-16(6-8-18)29(30)31/h1-11,17,22,28H,12-13H2. The van der Waals surface area contributed by atoms with Crippen LogP contribution < -0.4 is 5.32 Å². The Morgan fingerprint density at radius 2 is 1.71 bits per heavy atom. The number of nitro benzene ring substituents is 1. The number of nitrogens with one attached hydrogen (secondary N) is 1. The molecule has 0 amide bonds. The number of sulfone groups is 1. The van der Waals surface area contributed by atoms with Crippen LogP contribution in [0.3, 0.4) is 0 Å². The summed E-state index contributed by atoms with van der Waals surface area (Å²) in [6, 6.07) is 13.1. The second-order valence-corrected chi connectivity index (χ2v) is 10.2. The smallest absolute Gasteiger partial charge is 0.363 e. The Labute approximate surface area is 203 Å². The van der Waals surface area contributed by atoms with Crippen molar-refractivity contribution in [2.45, 2.75) is 28.2 Å². The van der Waals surface area contributed by atoms with Crippen molar-refractivity contribution >= 4 is 27.1 Å². The van der Waals surface area contributed by atoms with E-state index in [2.05, 4.69) is 5.32 Å². The molecule has 1 atom stereocenters. The number of halogens is 4. The molecule has 0 saturated carbocycles. The average molecular weight is 527 g/mol. The maximum Gasteiger partial charge on any atom is 0.416 e. The Bertz CT molecular complexity index is 1360. The van der Waals surface area contributed by atoms with Crippen LogP contribution in [0.4, 0.5) is 18.9 Å². The van der Waals surface area contributed by atoms with E-state index in [9.17, 15) is 31.7 Å². The Balaban J connectivity index is 1.79. The Hall–Kier alpha value is -2.99. The highest BCUT2D eigenvalue weighted by molar-refractivity contribution is 7.91. The normalized spacial score (nSPS) is 15.4. The van der Waals surface area contributed by atoms with Crippen LogP contribution in [-0.4, -0.2) is 32.5 Å². The van der Waals surface area contributed by atoms with E-state index in [1.54, 1.807) is 0 Å². The van der Waals surface area contributed by atoms with Gasteiger partial charge in [-0.05, 0) is 47.5 Å². The average Bonchev–Trinajstić information content (AvgIpc) is 2.78. The van der Waals surface area contributed by atoms with Gasteiger partial charge in [0.1, 0.15) is 6.10 Å². The summed E-state index contributed by atoms with van der Waals surface area (Å²) in [4.78, 5) is 9.84. The van der Waals surface area contributed by atoms with Crippen LogP contribution in [0.1, 0.15) is 22.8 Å². The highest BCUT2D eigenvalue weighted by atomic mass is 35.5. The van der Waals surface area contributed by atoms with Crippen molar-refractivity contribution in [2.75, 3.05) is 13.1 Å². The minimum absolute atomic E-state index is 0.0976. The van der Waals surface area contributed by atoms with Gasteiger partial charge in [0.25, 0.3) is 5.69 Å². The molecule has 0 radical (unpaired) electrons. The summed E-state index contributed by atoms with van der Waals surface area (Å²) in [6.45, 7) is 0.873. The number of ether oxygens (including phenoxy) is 1. The maximum absolute atomic E-state index is 13.8. The first-order valence-corrected chi connectivity index (χ1v) is 12.2. The number of hydrogen-bond acceptors (Lipinski definition) is 6. The zero-order valence-corrected chi connectivity index (χ0v) is 19.4. The first-order valence-electron chi connectivity index (χ1n) is 10.3. The van der Waals surface area contributed by atoms with Gasteiger partial charge in [-0.15, -0.1) is 0 Å². The molecule has 1 aliphatic rings. The van der Waals surface area contributed by atoms with Crippen LogP contribution in [0.2, 0.25) is 5.02 Å². The fourth-order valence-corrected chi connectivity index (χ4v) is 5.10. The summed E-state index contributed by atoms with van der Waals surface area (Å²) >= 11 is 5.83. The summed E-state index contributed by atoms with van der Waals surface area (Å²) in [5, 5.41) is 13.8. The van der Waals surface area contributed by atoms with E-state index < -0.39 is 32.6 Å². The van der Waals surface area contributed by atoms with Gasteiger partial charge in [-0.25, -0.2) is 8.42 Å². The third-order valence-electron chi connectivity index (χ3n) is 5.50. The highest BCUT2D eigenvalue weighted by Gasteiger charge is 2.37. The molecule has 3 aromatic rings. The van der Waals surface area contributed by atoms with Crippen molar-refractivity contribution in [2.24, 2.45) is 0 Å². The van der Waals surface area contributed by atoms with E-state index in [-0.39, 0.29) is 37.7 Å². The Morgan fingerprint density at radius 1 is 1.03 bits per heavy atom. The van der Waals surface area contributed by atoms with Crippen molar-refractivity contribution in [1.82, 2.24) is 5.32 Å². The molecule has 184 valence electrons. The number of nitro groups is 1. The number of rotatable bonds is 7. The molecule has 1 unspecified atom stereocenters.